The summed E-state index contributed by atoms with van der Waals surface area (Å²) in [6.45, 7) is 3.34. The molecule has 1 aromatic rings. The summed E-state index contributed by atoms with van der Waals surface area (Å²) < 4.78 is 5.43. The lowest BCUT2D eigenvalue weighted by Crippen LogP contribution is -2.49. The highest BCUT2D eigenvalue weighted by Gasteiger charge is 2.43. The molecule has 1 amide bonds. The Morgan fingerprint density at radius 3 is 2.36 bits per heavy atom. The molecule has 5 nitrogen and oxygen atoms in total. The van der Waals surface area contributed by atoms with Gasteiger partial charge in [-0.3, -0.25) is 9.59 Å². The van der Waals surface area contributed by atoms with Crippen molar-refractivity contribution < 1.29 is 19.4 Å². The Bertz CT molecular complexity index is 532. The van der Waals surface area contributed by atoms with E-state index in [1.807, 2.05) is 31.2 Å². The van der Waals surface area contributed by atoms with Crippen LogP contribution in [0.25, 0.3) is 0 Å². The van der Waals surface area contributed by atoms with Crippen LogP contribution in [-0.4, -0.2) is 48.7 Å². The number of ether oxygens (including phenoxy) is 1. The highest BCUT2D eigenvalue weighted by Crippen LogP contribution is 2.36. The number of rotatable bonds is 5. The highest BCUT2D eigenvalue weighted by molar-refractivity contribution is 5.88. The predicted molar refractivity (Wildman–Crippen MR) is 82.8 cm³/mol. The zero-order valence-corrected chi connectivity index (χ0v) is 13.2. The van der Waals surface area contributed by atoms with E-state index in [9.17, 15) is 9.59 Å². The first-order chi connectivity index (χ1) is 10.5. The third-order valence-electron chi connectivity index (χ3n) is 4.37. The molecule has 2 rings (SSSR count). The lowest BCUT2D eigenvalue weighted by Gasteiger charge is -2.39. The van der Waals surface area contributed by atoms with Crippen LogP contribution in [0.4, 0.5) is 0 Å². The number of likely N-dealkylation sites (N-methyl/N-ethyl adjacent to an activating group) is 1. The van der Waals surface area contributed by atoms with E-state index in [1.54, 1.807) is 11.9 Å². The lowest BCUT2D eigenvalue weighted by atomic mass is 9.73. The van der Waals surface area contributed by atoms with Gasteiger partial charge in [0.1, 0.15) is 0 Å². The van der Waals surface area contributed by atoms with E-state index in [-0.39, 0.29) is 18.9 Å². The number of benzene rings is 1. The Labute approximate surface area is 130 Å². The maximum Gasteiger partial charge on any atom is 0.305 e. The number of carbonyl (C=O) groups is 2. The molecule has 1 fully saturated rings. The highest BCUT2D eigenvalue weighted by atomic mass is 16.5. The van der Waals surface area contributed by atoms with Crippen molar-refractivity contribution in [3.05, 3.63) is 35.4 Å². The van der Waals surface area contributed by atoms with E-state index in [0.29, 0.717) is 26.1 Å². The summed E-state index contributed by atoms with van der Waals surface area (Å²) in [5.41, 5.74) is 1.55. The Morgan fingerprint density at radius 1 is 1.23 bits per heavy atom. The third kappa shape index (κ3) is 3.47. The topological polar surface area (TPSA) is 66.8 Å². The van der Waals surface area contributed by atoms with E-state index in [1.165, 1.54) is 0 Å². The van der Waals surface area contributed by atoms with Gasteiger partial charge in [0.2, 0.25) is 5.91 Å². The maximum atomic E-state index is 13.0. The average molecular weight is 305 g/mol. The Morgan fingerprint density at radius 2 is 1.82 bits per heavy atom. The van der Waals surface area contributed by atoms with Crippen LogP contribution in [0.3, 0.4) is 0 Å². The molecule has 1 saturated heterocycles. The number of hydrogen-bond donors (Lipinski definition) is 1. The summed E-state index contributed by atoms with van der Waals surface area (Å²) >= 11 is 0. The van der Waals surface area contributed by atoms with E-state index in [0.717, 1.165) is 11.1 Å². The molecule has 1 aliphatic heterocycles. The molecule has 0 radical (unpaired) electrons. The monoisotopic (exact) mass is 305 g/mol. The van der Waals surface area contributed by atoms with Crippen molar-refractivity contribution in [2.75, 3.05) is 26.8 Å². The van der Waals surface area contributed by atoms with E-state index < -0.39 is 11.4 Å². The minimum atomic E-state index is -0.893. The van der Waals surface area contributed by atoms with Crippen LogP contribution in [0.2, 0.25) is 0 Å². The van der Waals surface area contributed by atoms with Gasteiger partial charge < -0.3 is 14.7 Å². The standard InChI is InChI=1S/C17H23NO4/c1-13-3-5-14(6-4-13)17(8-11-22-12-9-17)16(21)18(2)10-7-15(19)20/h3-6H,7-12H2,1-2H3,(H,19,20). The van der Waals surface area contributed by atoms with Crippen LogP contribution in [0.1, 0.15) is 30.4 Å². The number of nitrogens with zero attached hydrogens (tertiary/aromatic N) is 1. The van der Waals surface area contributed by atoms with Gasteiger partial charge in [0.25, 0.3) is 0 Å². The predicted octanol–water partition coefficient (Wildman–Crippen LogP) is 1.98. The summed E-state index contributed by atoms with van der Waals surface area (Å²) in [4.78, 5) is 25.3. The normalized spacial score (nSPS) is 17.0. The van der Waals surface area contributed by atoms with Crippen molar-refractivity contribution in [2.24, 2.45) is 0 Å². The number of carbonyl (C=O) groups excluding carboxylic acids is 1. The van der Waals surface area contributed by atoms with Crippen LogP contribution in [-0.2, 0) is 19.7 Å². The van der Waals surface area contributed by atoms with Crippen molar-refractivity contribution in [1.82, 2.24) is 4.90 Å². The average Bonchev–Trinajstić information content (AvgIpc) is 2.53. The smallest absolute Gasteiger partial charge is 0.305 e. The zero-order valence-electron chi connectivity index (χ0n) is 13.2. The van der Waals surface area contributed by atoms with Crippen LogP contribution in [0, 0.1) is 6.92 Å². The number of hydrogen-bond acceptors (Lipinski definition) is 3. The Hall–Kier alpha value is -1.88. The SMILES string of the molecule is Cc1ccc(C2(C(=O)N(C)CCC(=O)O)CCOCC2)cc1. The van der Waals surface area contributed by atoms with Crippen molar-refractivity contribution in [3.8, 4) is 0 Å². The lowest BCUT2D eigenvalue weighted by molar-refractivity contribution is -0.142. The first-order valence-corrected chi connectivity index (χ1v) is 7.58. The molecular weight excluding hydrogens is 282 g/mol. The molecule has 22 heavy (non-hydrogen) atoms. The van der Waals surface area contributed by atoms with Gasteiger partial charge in [-0.25, -0.2) is 0 Å². The number of carboxylic acids is 1. The van der Waals surface area contributed by atoms with Crippen LogP contribution in [0.5, 0.6) is 0 Å². The van der Waals surface area contributed by atoms with Crippen LogP contribution in [0.15, 0.2) is 24.3 Å². The molecule has 1 aromatic carbocycles. The summed E-state index contributed by atoms with van der Waals surface area (Å²) in [5.74, 6) is -0.906. The second-order valence-corrected chi connectivity index (χ2v) is 5.93. The van der Waals surface area contributed by atoms with Gasteiger partial charge in [-0.15, -0.1) is 0 Å². The number of amides is 1. The van der Waals surface area contributed by atoms with Crippen molar-refractivity contribution >= 4 is 11.9 Å². The second kappa shape index (κ2) is 6.92. The third-order valence-corrected chi connectivity index (χ3v) is 4.37. The van der Waals surface area contributed by atoms with Gasteiger partial charge in [-0.05, 0) is 25.3 Å². The Kier molecular flexibility index (Phi) is 5.19. The van der Waals surface area contributed by atoms with Crippen LogP contribution >= 0.6 is 0 Å². The molecule has 0 aromatic heterocycles. The summed E-state index contributed by atoms with van der Waals surface area (Å²) in [5, 5.41) is 8.81. The second-order valence-electron chi connectivity index (χ2n) is 5.93. The van der Waals surface area contributed by atoms with Crippen molar-refractivity contribution in [2.45, 2.75) is 31.6 Å². The Balaban J connectivity index is 2.26. The largest absolute Gasteiger partial charge is 0.481 e. The van der Waals surface area contributed by atoms with Gasteiger partial charge in [0, 0.05) is 26.8 Å². The minimum absolute atomic E-state index is 0.0131. The van der Waals surface area contributed by atoms with Gasteiger partial charge in [-0.2, -0.15) is 0 Å². The van der Waals surface area contributed by atoms with Gasteiger partial charge in [0.15, 0.2) is 0 Å². The summed E-state index contributed by atoms with van der Waals surface area (Å²) in [7, 11) is 1.68. The fraction of sp³-hybridized carbons (Fsp3) is 0.529. The van der Waals surface area contributed by atoms with Crippen molar-refractivity contribution in [1.29, 1.82) is 0 Å². The van der Waals surface area contributed by atoms with Gasteiger partial charge in [0.05, 0.1) is 11.8 Å². The number of carboxylic acid groups (broad SMARTS) is 1. The summed E-state index contributed by atoms with van der Waals surface area (Å²) in [6, 6.07) is 8.03. The maximum absolute atomic E-state index is 13.0. The minimum Gasteiger partial charge on any atom is -0.481 e. The number of aliphatic carboxylic acids is 1. The molecule has 0 aliphatic carbocycles. The molecule has 0 unspecified atom stereocenters. The molecule has 5 heteroatoms. The fourth-order valence-electron chi connectivity index (χ4n) is 2.95. The molecule has 120 valence electrons. The molecule has 0 atom stereocenters. The van der Waals surface area contributed by atoms with E-state index in [4.69, 9.17) is 9.84 Å². The molecular formula is C17H23NO4. The van der Waals surface area contributed by atoms with E-state index in [2.05, 4.69) is 0 Å². The molecule has 0 bridgehead atoms. The zero-order chi connectivity index (χ0) is 16.2. The summed E-state index contributed by atoms with van der Waals surface area (Å²) in [6.07, 6.45) is 1.22. The molecule has 1 N–H and O–H groups in total. The van der Waals surface area contributed by atoms with E-state index >= 15 is 0 Å². The van der Waals surface area contributed by atoms with Crippen molar-refractivity contribution in [3.63, 3.8) is 0 Å². The molecule has 1 heterocycles. The first kappa shape index (κ1) is 16.5. The first-order valence-electron chi connectivity index (χ1n) is 7.58. The molecule has 1 aliphatic rings. The number of aryl methyl sites for hydroxylation is 1. The molecule has 0 saturated carbocycles. The molecule has 0 spiro atoms. The van der Waals surface area contributed by atoms with Crippen LogP contribution < -0.4 is 0 Å². The van der Waals surface area contributed by atoms with Gasteiger partial charge in [-0.1, -0.05) is 29.8 Å². The van der Waals surface area contributed by atoms with Gasteiger partial charge >= 0.3 is 5.97 Å². The fourth-order valence-corrected chi connectivity index (χ4v) is 2.95. The quantitative estimate of drug-likeness (QED) is 0.903.